The first-order valence-electron chi connectivity index (χ1n) is 6.73. The fraction of sp³-hybridized carbons (Fsp3) is 0.571. The van der Waals surface area contributed by atoms with Gasteiger partial charge >= 0.3 is 0 Å². The number of imidazole rings is 1. The van der Waals surface area contributed by atoms with Crippen LogP contribution in [0.15, 0.2) is 18.6 Å². The number of pyridine rings is 1. The Morgan fingerprint density at radius 3 is 2.89 bits per heavy atom. The van der Waals surface area contributed by atoms with Crippen LogP contribution < -0.4 is 11.1 Å². The fourth-order valence-electron chi connectivity index (χ4n) is 2.18. The Balaban J connectivity index is 2.09. The molecule has 3 N–H and O–H groups in total. The number of hydrogen-bond donors (Lipinski definition) is 2. The summed E-state index contributed by atoms with van der Waals surface area (Å²) < 4.78 is 2.00. The molecule has 2 rings (SSSR count). The normalized spacial score (nSPS) is 12.0. The molecule has 0 aliphatic carbocycles. The Labute approximate surface area is 114 Å². The summed E-state index contributed by atoms with van der Waals surface area (Å²) in [7, 11) is 1.99. The van der Waals surface area contributed by atoms with Crippen molar-refractivity contribution in [2.45, 2.75) is 26.7 Å². The summed E-state index contributed by atoms with van der Waals surface area (Å²) in [6.45, 7) is 6.11. The predicted molar refractivity (Wildman–Crippen MR) is 79.1 cm³/mol. The Morgan fingerprint density at radius 2 is 2.16 bits per heavy atom. The molecule has 0 bridgehead atoms. The molecule has 2 heterocycles. The van der Waals surface area contributed by atoms with E-state index in [1.807, 2.05) is 30.2 Å². The largest absolute Gasteiger partial charge is 0.368 e. The molecular weight excluding hydrogens is 238 g/mol. The molecule has 5 heteroatoms. The van der Waals surface area contributed by atoms with Gasteiger partial charge in [0, 0.05) is 19.8 Å². The lowest BCUT2D eigenvalue weighted by atomic mass is 9.88. The van der Waals surface area contributed by atoms with Crippen LogP contribution in [0, 0.1) is 5.41 Å². The number of aryl methyl sites for hydroxylation is 1. The van der Waals surface area contributed by atoms with E-state index in [1.165, 1.54) is 0 Å². The van der Waals surface area contributed by atoms with Gasteiger partial charge in [0.25, 0.3) is 0 Å². The van der Waals surface area contributed by atoms with Crippen LogP contribution in [0.4, 0.5) is 5.82 Å². The van der Waals surface area contributed by atoms with E-state index in [1.54, 1.807) is 0 Å². The highest BCUT2D eigenvalue weighted by Crippen LogP contribution is 2.24. The van der Waals surface area contributed by atoms with Crippen molar-refractivity contribution in [3.8, 4) is 0 Å². The van der Waals surface area contributed by atoms with Gasteiger partial charge in [0.05, 0.1) is 11.8 Å². The van der Waals surface area contributed by atoms with E-state index in [2.05, 4.69) is 29.1 Å². The lowest BCUT2D eigenvalue weighted by Gasteiger charge is -2.25. The molecule has 0 spiro atoms. The molecule has 104 valence electrons. The molecular formula is C14H23N5. The zero-order valence-corrected chi connectivity index (χ0v) is 12.0. The van der Waals surface area contributed by atoms with Gasteiger partial charge < -0.3 is 15.6 Å². The monoisotopic (exact) mass is 261 g/mol. The summed E-state index contributed by atoms with van der Waals surface area (Å²) in [6.07, 6.45) is 5.79. The minimum atomic E-state index is 0.206. The maximum absolute atomic E-state index is 5.57. The summed E-state index contributed by atoms with van der Waals surface area (Å²) in [6, 6.07) is 1.98. The van der Waals surface area contributed by atoms with E-state index in [0.29, 0.717) is 0 Å². The summed E-state index contributed by atoms with van der Waals surface area (Å²) in [5.74, 6) is 0.860. The molecule has 0 aliphatic rings. The smallest absolute Gasteiger partial charge is 0.154 e. The summed E-state index contributed by atoms with van der Waals surface area (Å²) >= 11 is 0. The van der Waals surface area contributed by atoms with E-state index in [9.17, 15) is 0 Å². The van der Waals surface area contributed by atoms with Gasteiger partial charge in [-0.25, -0.2) is 9.97 Å². The molecule has 0 fully saturated rings. The van der Waals surface area contributed by atoms with Gasteiger partial charge in [-0.1, -0.05) is 13.8 Å². The maximum Gasteiger partial charge on any atom is 0.154 e. The third-order valence-electron chi connectivity index (χ3n) is 3.44. The van der Waals surface area contributed by atoms with Crippen LogP contribution in [0.2, 0.25) is 0 Å². The first-order valence-corrected chi connectivity index (χ1v) is 6.73. The summed E-state index contributed by atoms with van der Waals surface area (Å²) in [5, 5.41) is 3.42. The van der Waals surface area contributed by atoms with E-state index in [4.69, 9.17) is 5.73 Å². The zero-order chi connectivity index (χ0) is 13.9. The Bertz CT molecular complexity index is 544. The molecule has 0 aromatic carbocycles. The van der Waals surface area contributed by atoms with Crippen molar-refractivity contribution in [3.05, 3.63) is 18.6 Å². The standard InChI is InChI=1S/C14H23N5/c1-14(2,6-4-7-15)9-17-13-12-11(5-8-16-13)19(3)10-18-12/h5,8,10H,4,6-7,9,15H2,1-3H3,(H,16,17). The van der Waals surface area contributed by atoms with Crippen LogP contribution in [0.5, 0.6) is 0 Å². The van der Waals surface area contributed by atoms with Crippen LogP contribution in [0.3, 0.4) is 0 Å². The number of nitrogens with two attached hydrogens (primary N) is 1. The quantitative estimate of drug-likeness (QED) is 0.836. The third-order valence-corrected chi connectivity index (χ3v) is 3.44. The molecule has 0 amide bonds. The van der Waals surface area contributed by atoms with Crippen molar-refractivity contribution in [2.75, 3.05) is 18.4 Å². The SMILES string of the molecule is Cn1cnc2c(NCC(C)(C)CCCN)nccc21. The zero-order valence-electron chi connectivity index (χ0n) is 12.0. The minimum Gasteiger partial charge on any atom is -0.368 e. The highest BCUT2D eigenvalue weighted by Gasteiger charge is 2.18. The molecule has 0 saturated carbocycles. The number of nitrogens with one attached hydrogen (secondary N) is 1. The highest BCUT2D eigenvalue weighted by molar-refractivity contribution is 5.85. The highest BCUT2D eigenvalue weighted by atomic mass is 15.1. The number of aromatic nitrogens is 3. The molecule has 0 unspecified atom stereocenters. The van der Waals surface area contributed by atoms with Crippen molar-refractivity contribution in [2.24, 2.45) is 18.2 Å². The van der Waals surface area contributed by atoms with E-state index in [-0.39, 0.29) is 5.41 Å². The van der Waals surface area contributed by atoms with Crippen molar-refractivity contribution < 1.29 is 0 Å². The second-order valence-electron chi connectivity index (χ2n) is 5.79. The van der Waals surface area contributed by atoms with Crippen molar-refractivity contribution in [1.82, 2.24) is 14.5 Å². The van der Waals surface area contributed by atoms with Crippen molar-refractivity contribution in [3.63, 3.8) is 0 Å². The second-order valence-corrected chi connectivity index (χ2v) is 5.79. The first-order chi connectivity index (χ1) is 9.03. The lowest BCUT2D eigenvalue weighted by molar-refractivity contribution is 0.350. The van der Waals surface area contributed by atoms with Gasteiger partial charge in [0.15, 0.2) is 5.82 Å². The average molecular weight is 261 g/mol. The Kier molecular flexibility index (Phi) is 4.04. The Hall–Kier alpha value is -1.62. The van der Waals surface area contributed by atoms with Gasteiger partial charge in [-0.2, -0.15) is 0 Å². The molecule has 0 radical (unpaired) electrons. The maximum atomic E-state index is 5.57. The van der Waals surface area contributed by atoms with Crippen LogP contribution >= 0.6 is 0 Å². The van der Waals surface area contributed by atoms with Crippen LogP contribution in [-0.4, -0.2) is 27.6 Å². The first kappa shape index (κ1) is 13.8. The van der Waals surface area contributed by atoms with Gasteiger partial charge in [0.2, 0.25) is 0 Å². The topological polar surface area (TPSA) is 68.8 Å². The molecule has 19 heavy (non-hydrogen) atoms. The van der Waals surface area contributed by atoms with Gasteiger partial charge in [0.1, 0.15) is 5.52 Å². The molecule has 5 nitrogen and oxygen atoms in total. The number of hydrogen-bond acceptors (Lipinski definition) is 4. The van der Waals surface area contributed by atoms with E-state index >= 15 is 0 Å². The summed E-state index contributed by atoms with van der Waals surface area (Å²) in [4.78, 5) is 8.79. The van der Waals surface area contributed by atoms with Crippen molar-refractivity contribution in [1.29, 1.82) is 0 Å². The number of fused-ring (bicyclic) bond motifs is 1. The molecule has 2 aromatic rings. The van der Waals surface area contributed by atoms with Crippen LogP contribution in [0.1, 0.15) is 26.7 Å². The number of nitrogens with zero attached hydrogens (tertiary/aromatic N) is 3. The van der Waals surface area contributed by atoms with Gasteiger partial charge in [-0.15, -0.1) is 0 Å². The van der Waals surface area contributed by atoms with Crippen LogP contribution in [-0.2, 0) is 7.05 Å². The van der Waals surface area contributed by atoms with E-state index in [0.717, 1.165) is 42.8 Å². The molecule has 0 saturated heterocycles. The van der Waals surface area contributed by atoms with Crippen LogP contribution in [0.25, 0.3) is 11.0 Å². The summed E-state index contributed by atoms with van der Waals surface area (Å²) in [5.41, 5.74) is 7.81. The Morgan fingerprint density at radius 1 is 1.37 bits per heavy atom. The fourth-order valence-corrected chi connectivity index (χ4v) is 2.18. The number of rotatable bonds is 6. The lowest BCUT2D eigenvalue weighted by Crippen LogP contribution is -2.24. The van der Waals surface area contributed by atoms with Gasteiger partial charge in [-0.3, -0.25) is 0 Å². The van der Waals surface area contributed by atoms with Gasteiger partial charge in [-0.05, 0) is 30.9 Å². The van der Waals surface area contributed by atoms with E-state index < -0.39 is 0 Å². The second kappa shape index (κ2) is 5.57. The molecule has 2 aromatic heterocycles. The number of anilines is 1. The third kappa shape index (κ3) is 3.23. The average Bonchev–Trinajstić information content (AvgIpc) is 2.77. The minimum absolute atomic E-state index is 0.206. The van der Waals surface area contributed by atoms with Crippen molar-refractivity contribution >= 4 is 16.9 Å². The molecule has 0 aliphatic heterocycles. The predicted octanol–water partition coefficient (Wildman–Crippen LogP) is 2.15. The molecule has 0 atom stereocenters.